The second-order valence-electron chi connectivity index (χ2n) is 5.90. The van der Waals surface area contributed by atoms with Crippen molar-refractivity contribution in [2.24, 2.45) is 0 Å². The summed E-state index contributed by atoms with van der Waals surface area (Å²) in [5, 5.41) is 2.94. The van der Waals surface area contributed by atoms with Gasteiger partial charge in [-0.05, 0) is 38.2 Å². The number of hydrogen-bond donors (Lipinski definition) is 1. The van der Waals surface area contributed by atoms with Crippen LogP contribution >= 0.6 is 0 Å². The fraction of sp³-hybridized carbons (Fsp3) is 0.611. The van der Waals surface area contributed by atoms with Crippen molar-refractivity contribution in [3.05, 3.63) is 35.4 Å². The van der Waals surface area contributed by atoms with Gasteiger partial charge in [-0.25, -0.2) is 0 Å². The predicted molar refractivity (Wildman–Crippen MR) is 86.9 cm³/mol. The summed E-state index contributed by atoms with van der Waals surface area (Å²) < 4.78 is 11.0. The van der Waals surface area contributed by atoms with Crippen LogP contribution < -0.4 is 5.32 Å². The van der Waals surface area contributed by atoms with Crippen molar-refractivity contribution in [2.75, 3.05) is 26.4 Å². The first kappa shape index (κ1) is 17.0. The van der Waals surface area contributed by atoms with Crippen molar-refractivity contribution in [1.29, 1.82) is 0 Å². The fourth-order valence-corrected chi connectivity index (χ4v) is 2.49. The Hall–Kier alpha value is -1.39. The Morgan fingerprint density at radius 2 is 2.18 bits per heavy atom. The molecule has 1 saturated heterocycles. The van der Waals surface area contributed by atoms with Gasteiger partial charge in [0.15, 0.2) is 0 Å². The second-order valence-corrected chi connectivity index (χ2v) is 5.90. The monoisotopic (exact) mass is 305 g/mol. The van der Waals surface area contributed by atoms with Crippen molar-refractivity contribution in [3.8, 4) is 0 Å². The minimum atomic E-state index is 0.111. The van der Waals surface area contributed by atoms with Gasteiger partial charge in [-0.2, -0.15) is 0 Å². The van der Waals surface area contributed by atoms with Gasteiger partial charge in [-0.3, -0.25) is 4.79 Å². The highest BCUT2D eigenvalue weighted by molar-refractivity contribution is 5.76. The van der Waals surface area contributed by atoms with Gasteiger partial charge >= 0.3 is 0 Å². The lowest BCUT2D eigenvalue weighted by Crippen LogP contribution is -2.26. The Balaban J connectivity index is 1.46. The number of benzene rings is 1. The van der Waals surface area contributed by atoms with E-state index in [0.717, 1.165) is 32.3 Å². The van der Waals surface area contributed by atoms with Crippen LogP contribution in [-0.4, -0.2) is 38.4 Å². The normalized spacial score (nSPS) is 17.6. The summed E-state index contributed by atoms with van der Waals surface area (Å²) in [6.07, 6.45) is 4.72. The second kappa shape index (κ2) is 9.59. The quantitative estimate of drug-likeness (QED) is 0.714. The Kier molecular flexibility index (Phi) is 7.40. The molecule has 0 radical (unpaired) electrons. The van der Waals surface area contributed by atoms with Crippen LogP contribution in [0.1, 0.15) is 36.8 Å². The number of hydrogen-bond acceptors (Lipinski definition) is 3. The van der Waals surface area contributed by atoms with Gasteiger partial charge in [-0.15, -0.1) is 0 Å². The molecular formula is C18H27NO3. The molecule has 4 nitrogen and oxygen atoms in total. The van der Waals surface area contributed by atoms with Crippen LogP contribution in [0, 0.1) is 6.92 Å². The Labute approximate surface area is 133 Å². The highest BCUT2D eigenvalue weighted by Gasteiger charge is 2.14. The van der Waals surface area contributed by atoms with Gasteiger partial charge in [0.2, 0.25) is 5.91 Å². The first-order valence-electron chi connectivity index (χ1n) is 8.25. The minimum absolute atomic E-state index is 0.111. The number of carbonyl (C=O) groups excluding carboxylic acids is 1. The van der Waals surface area contributed by atoms with Crippen LogP contribution in [0.25, 0.3) is 0 Å². The van der Waals surface area contributed by atoms with Crippen LogP contribution in [-0.2, 0) is 20.7 Å². The van der Waals surface area contributed by atoms with Crippen molar-refractivity contribution >= 4 is 5.91 Å². The molecule has 1 N–H and O–H groups in total. The molecule has 1 heterocycles. The summed E-state index contributed by atoms with van der Waals surface area (Å²) in [4.78, 5) is 11.8. The zero-order valence-corrected chi connectivity index (χ0v) is 13.5. The van der Waals surface area contributed by atoms with E-state index < -0.39 is 0 Å². The van der Waals surface area contributed by atoms with Crippen molar-refractivity contribution in [3.63, 3.8) is 0 Å². The summed E-state index contributed by atoms with van der Waals surface area (Å²) in [7, 11) is 0. The van der Waals surface area contributed by atoms with Crippen LogP contribution in [0.15, 0.2) is 24.3 Å². The summed E-state index contributed by atoms with van der Waals surface area (Å²) in [5.41, 5.74) is 2.46. The Morgan fingerprint density at radius 1 is 1.36 bits per heavy atom. The van der Waals surface area contributed by atoms with E-state index >= 15 is 0 Å². The van der Waals surface area contributed by atoms with Gasteiger partial charge in [0.25, 0.3) is 0 Å². The molecule has 1 aliphatic rings. The molecule has 0 aliphatic carbocycles. The molecule has 0 aromatic heterocycles. The Bertz CT molecular complexity index is 438. The van der Waals surface area contributed by atoms with Crippen molar-refractivity contribution in [2.45, 2.75) is 45.1 Å². The van der Waals surface area contributed by atoms with Gasteiger partial charge in [-0.1, -0.05) is 29.8 Å². The topological polar surface area (TPSA) is 47.6 Å². The lowest BCUT2D eigenvalue weighted by molar-refractivity contribution is -0.121. The van der Waals surface area contributed by atoms with E-state index in [1.165, 1.54) is 11.1 Å². The summed E-state index contributed by atoms with van der Waals surface area (Å²) >= 11 is 0. The van der Waals surface area contributed by atoms with E-state index in [-0.39, 0.29) is 12.0 Å². The molecule has 1 aromatic carbocycles. The maximum absolute atomic E-state index is 11.8. The zero-order valence-electron chi connectivity index (χ0n) is 13.5. The van der Waals surface area contributed by atoms with Crippen LogP contribution in [0.4, 0.5) is 0 Å². The van der Waals surface area contributed by atoms with Crippen molar-refractivity contribution < 1.29 is 14.3 Å². The van der Waals surface area contributed by atoms with Crippen LogP contribution in [0.3, 0.4) is 0 Å². The molecule has 1 aliphatic heterocycles. The van der Waals surface area contributed by atoms with E-state index in [9.17, 15) is 4.79 Å². The first-order valence-corrected chi connectivity index (χ1v) is 8.25. The van der Waals surface area contributed by atoms with Crippen molar-refractivity contribution in [1.82, 2.24) is 5.32 Å². The Morgan fingerprint density at radius 3 is 2.91 bits per heavy atom. The minimum Gasteiger partial charge on any atom is -0.379 e. The molecule has 4 heteroatoms. The molecule has 22 heavy (non-hydrogen) atoms. The molecule has 1 amide bonds. The molecule has 1 unspecified atom stereocenters. The number of carbonyl (C=O) groups is 1. The largest absolute Gasteiger partial charge is 0.379 e. The van der Waals surface area contributed by atoms with E-state index in [1.807, 2.05) is 0 Å². The lowest BCUT2D eigenvalue weighted by atomic mass is 10.1. The number of rotatable bonds is 9. The third kappa shape index (κ3) is 6.58. The van der Waals surface area contributed by atoms with E-state index in [4.69, 9.17) is 9.47 Å². The maximum Gasteiger partial charge on any atom is 0.220 e. The smallest absolute Gasteiger partial charge is 0.220 e. The molecule has 0 spiro atoms. The third-order valence-electron chi connectivity index (χ3n) is 3.88. The molecule has 2 rings (SSSR count). The van der Waals surface area contributed by atoms with Gasteiger partial charge in [0.05, 0.1) is 12.7 Å². The highest BCUT2D eigenvalue weighted by atomic mass is 16.5. The average Bonchev–Trinajstić information content (AvgIpc) is 3.03. The lowest BCUT2D eigenvalue weighted by Gasteiger charge is -2.10. The summed E-state index contributed by atoms with van der Waals surface area (Å²) in [6.45, 7) is 4.97. The summed E-state index contributed by atoms with van der Waals surface area (Å²) in [5.74, 6) is 0.111. The first-order chi connectivity index (χ1) is 10.7. The fourth-order valence-electron chi connectivity index (χ4n) is 2.49. The summed E-state index contributed by atoms with van der Waals surface area (Å²) in [6, 6.07) is 8.33. The molecule has 1 atom stereocenters. The maximum atomic E-state index is 11.8. The van der Waals surface area contributed by atoms with Crippen LogP contribution in [0.5, 0.6) is 0 Å². The van der Waals surface area contributed by atoms with E-state index in [1.54, 1.807) is 0 Å². The standard InChI is InChI=1S/C18H27NO3/c1-15-5-7-16(8-6-15)9-10-18(20)19-11-3-12-21-14-17-4-2-13-22-17/h5-8,17H,2-4,9-14H2,1H3,(H,19,20). The number of ether oxygens (including phenoxy) is 2. The zero-order chi connectivity index (χ0) is 15.6. The van der Waals surface area contributed by atoms with Gasteiger partial charge in [0.1, 0.15) is 0 Å². The van der Waals surface area contributed by atoms with Gasteiger partial charge in [0, 0.05) is 26.2 Å². The van der Waals surface area contributed by atoms with E-state index in [2.05, 4.69) is 36.5 Å². The third-order valence-corrected chi connectivity index (χ3v) is 3.88. The molecule has 122 valence electrons. The SMILES string of the molecule is Cc1ccc(CCC(=O)NCCCOCC2CCCO2)cc1. The molecule has 1 aromatic rings. The van der Waals surface area contributed by atoms with Crippen LogP contribution in [0.2, 0.25) is 0 Å². The number of nitrogens with one attached hydrogen (secondary N) is 1. The number of aryl methyl sites for hydroxylation is 2. The van der Waals surface area contributed by atoms with Gasteiger partial charge < -0.3 is 14.8 Å². The highest BCUT2D eigenvalue weighted by Crippen LogP contribution is 2.11. The number of amides is 1. The molecule has 0 saturated carbocycles. The predicted octanol–water partition coefficient (Wildman–Crippen LogP) is 2.63. The average molecular weight is 305 g/mol. The molecule has 0 bridgehead atoms. The molecule has 1 fully saturated rings. The van der Waals surface area contributed by atoms with E-state index in [0.29, 0.717) is 26.2 Å². The molecular weight excluding hydrogens is 278 g/mol.